The number of carbonyl (C=O) groups is 1. The van der Waals surface area contributed by atoms with Crippen molar-refractivity contribution in [3.8, 4) is 11.1 Å². The number of pyridine rings is 1. The Labute approximate surface area is 186 Å². The van der Waals surface area contributed by atoms with Crippen LogP contribution in [0.1, 0.15) is 47.3 Å². The number of aromatic nitrogens is 3. The van der Waals surface area contributed by atoms with E-state index in [2.05, 4.69) is 39.7 Å². The van der Waals surface area contributed by atoms with Crippen molar-refractivity contribution in [1.29, 1.82) is 0 Å². The number of aliphatic hydroxyl groups excluding tert-OH is 1. The highest BCUT2D eigenvalue weighted by Crippen LogP contribution is 2.22. The lowest BCUT2D eigenvalue weighted by molar-refractivity contribution is 0.0713. The number of fused-ring (bicyclic) bond motifs is 1. The largest absolute Gasteiger partial charge is 0.391 e. The maximum atomic E-state index is 12.9. The molecule has 0 unspecified atom stereocenters. The highest BCUT2D eigenvalue weighted by Gasteiger charge is 2.25. The summed E-state index contributed by atoms with van der Waals surface area (Å²) in [5.74, 6) is -0.236. The lowest BCUT2D eigenvalue weighted by Crippen LogP contribution is -2.45. The van der Waals surface area contributed by atoms with Crippen molar-refractivity contribution in [2.75, 3.05) is 0 Å². The van der Waals surface area contributed by atoms with Crippen LogP contribution < -0.4 is 5.32 Å². The van der Waals surface area contributed by atoms with Crippen molar-refractivity contribution in [2.24, 2.45) is 0 Å². The van der Waals surface area contributed by atoms with Gasteiger partial charge in [-0.15, -0.1) is 0 Å². The van der Waals surface area contributed by atoms with E-state index in [-0.39, 0.29) is 11.9 Å². The number of aliphatic hydroxyl groups is 1. The third-order valence-corrected chi connectivity index (χ3v) is 6.21. The number of hydrogen-bond donors (Lipinski definition) is 2. The van der Waals surface area contributed by atoms with Crippen molar-refractivity contribution in [2.45, 2.75) is 44.2 Å². The van der Waals surface area contributed by atoms with Gasteiger partial charge in [0, 0.05) is 18.6 Å². The van der Waals surface area contributed by atoms with Crippen LogP contribution in [-0.4, -0.2) is 37.8 Å². The number of rotatable bonds is 5. The predicted octanol–water partition coefficient (Wildman–Crippen LogP) is 4.02. The molecule has 162 valence electrons. The SMILES string of the molecule is O=C(N[C@@H]1CCCC[C@H]1O)c1cc(Cc2ccc(-c3cccnc3)cc2)c2cccn2n1. The Morgan fingerprint density at radius 1 is 1.06 bits per heavy atom. The number of hydrogen-bond acceptors (Lipinski definition) is 4. The van der Waals surface area contributed by atoms with Crippen molar-refractivity contribution in [3.63, 3.8) is 0 Å². The molecule has 4 aromatic rings. The molecule has 1 aliphatic carbocycles. The highest BCUT2D eigenvalue weighted by molar-refractivity contribution is 5.93. The molecule has 0 radical (unpaired) electrons. The molecule has 2 N–H and O–H groups in total. The minimum atomic E-state index is -0.485. The summed E-state index contributed by atoms with van der Waals surface area (Å²) >= 11 is 0. The van der Waals surface area contributed by atoms with E-state index in [1.807, 2.05) is 42.7 Å². The molecule has 0 spiro atoms. The van der Waals surface area contributed by atoms with Crippen LogP contribution in [0.2, 0.25) is 0 Å². The second-order valence-corrected chi connectivity index (χ2v) is 8.44. The summed E-state index contributed by atoms with van der Waals surface area (Å²) in [6.45, 7) is 0. The second-order valence-electron chi connectivity index (χ2n) is 8.44. The summed E-state index contributed by atoms with van der Waals surface area (Å²) in [5.41, 5.74) is 5.75. The summed E-state index contributed by atoms with van der Waals surface area (Å²) in [7, 11) is 0. The normalized spacial score (nSPS) is 18.5. The molecule has 0 bridgehead atoms. The highest BCUT2D eigenvalue weighted by atomic mass is 16.3. The van der Waals surface area contributed by atoms with Gasteiger partial charge in [-0.2, -0.15) is 5.10 Å². The molecule has 5 rings (SSSR count). The van der Waals surface area contributed by atoms with E-state index in [0.717, 1.165) is 53.5 Å². The maximum absolute atomic E-state index is 12.9. The van der Waals surface area contributed by atoms with Crippen LogP contribution in [0.5, 0.6) is 0 Å². The summed E-state index contributed by atoms with van der Waals surface area (Å²) < 4.78 is 1.76. The van der Waals surface area contributed by atoms with Crippen molar-refractivity contribution in [3.05, 3.63) is 90.0 Å². The maximum Gasteiger partial charge on any atom is 0.272 e. The van der Waals surface area contributed by atoms with Crippen molar-refractivity contribution >= 4 is 11.4 Å². The van der Waals surface area contributed by atoms with E-state index < -0.39 is 6.10 Å². The lowest BCUT2D eigenvalue weighted by Gasteiger charge is -2.28. The topological polar surface area (TPSA) is 79.5 Å². The Hall–Kier alpha value is -3.51. The minimum absolute atomic E-state index is 0.207. The summed E-state index contributed by atoms with van der Waals surface area (Å²) in [6, 6.07) is 18.0. The van der Waals surface area contributed by atoms with E-state index in [9.17, 15) is 9.90 Å². The van der Waals surface area contributed by atoms with Crippen LogP contribution in [-0.2, 0) is 6.42 Å². The number of benzene rings is 1. The number of carbonyl (C=O) groups excluding carboxylic acids is 1. The fraction of sp³-hybridized carbons (Fsp3) is 0.269. The van der Waals surface area contributed by atoms with Gasteiger partial charge in [-0.05, 0) is 65.8 Å². The van der Waals surface area contributed by atoms with E-state index in [0.29, 0.717) is 12.1 Å². The van der Waals surface area contributed by atoms with Gasteiger partial charge in [0.15, 0.2) is 0 Å². The van der Waals surface area contributed by atoms with Gasteiger partial charge in [0.05, 0.1) is 17.7 Å². The lowest BCUT2D eigenvalue weighted by atomic mass is 9.92. The van der Waals surface area contributed by atoms with Gasteiger partial charge < -0.3 is 10.4 Å². The molecule has 1 saturated carbocycles. The van der Waals surface area contributed by atoms with Gasteiger partial charge in [-0.1, -0.05) is 43.2 Å². The van der Waals surface area contributed by atoms with Gasteiger partial charge in [0.1, 0.15) is 5.69 Å². The van der Waals surface area contributed by atoms with Crippen LogP contribution in [0.25, 0.3) is 16.6 Å². The zero-order valence-corrected chi connectivity index (χ0v) is 17.8. The second kappa shape index (κ2) is 8.93. The molecule has 6 heteroatoms. The molecular weight excluding hydrogens is 400 g/mol. The zero-order chi connectivity index (χ0) is 21.9. The Bertz CT molecular complexity index is 1220. The molecule has 0 saturated heterocycles. The van der Waals surface area contributed by atoms with Crippen LogP contribution in [0.15, 0.2) is 73.2 Å². The molecule has 6 nitrogen and oxygen atoms in total. The van der Waals surface area contributed by atoms with E-state index >= 15 is 0 Å². The van der Waals surface area contributed by atoms with E-state index in [4.69, 9.17) is 0 Å². The molecule has 3 aromatic heterocycles. The monoisotopic (exact) mass is 426 g/mol. The first-order chi connectivity index (χ1) is 15.7. The predicted molar refractivity (Wildman–Crippen MR) is 123 cm³/mol. The van der Waals surface area contributed by atoms with E-state index in [1.54, 1.807) is 10.7 Å². The van der Waals surface area contributed by atoms with Crippen LogP contribution in [0.3, 0.4) is 0 Å². The first-order valence-corrected chi connectivity index (χ1v) is 11.1. The molecular formula is C26H26N4O2. The van der Waals surface area contributed by atoms with Gasteiger partial charge in [0.25, 0.3) is 5.91 Å². The quantitative estimate of drug-likeness (QED) is 0.505. The average Bonchev–Trinajstić information content (AvgIpc) is 3.31. The smallest absolute Gasteiger partial charge is 0.272 e. The Morgan fingerprint density at radius 2 is 1.91 bits per heavy atom. The third kappa shape index (κ3) is 4.27. The fourth-order valence-corrected chi connectivity index (χ4v) is 4.44. The van der Waals surface area contributed by atoms with Gasteiger partial charge in [0.2, 0.25) is 0 Å². The molecule has 1 amide bonds. The summed E-state index contributed by atoms with van der Waals surface area (Å²) in [5, 5.41) is 17.7. The van der Waals surface area contributed by atoms with E-state index in [1.165, 1.54) is 0 Å². The standard InChI is InChI=1S/C26H26N4O2/c31-25-8-2-1-6-22(25)28-26(32)23-16-21(24-7-4-14-30(24)29-23)15-18-9-11-19(12-10-18)20-5-3-13-27-17-20/h3-5,7,9-14,16-17,22,25,31H,1-2,6,8,15H2,(H,28,32)/t22-,25-/m1/s1. The molecule has 1 fully saturated rings. The number of nitrogens with zero attached hydrogens (tertiary/aromatic N) is 3. The van der Waals surface area contributed by atoms with Crippen molar-refractivity contribution in [1.82, 2.24) is 19.9 Å². The number of amides is 1. The Morgan fingerprint density at radius 3 is 2.69 bits per heavy atom. The van der Waals surface area contributed by atoms with Crippen LogP contribution >= 0.6 is 0 Å². The number of nitrogens with one attached hydrogen (secondary N) is 1. The summed E-state index contributed by atoms with van der Waals surface area (Å²) in [6.07, 6.45) is 9.25. The molecule has 3 heterocycles. The van der Waals surface area contributed by atoms with Crippen molar-refractivity contribution < 1.29 is 9.90 Å². The zero-order valence-electron chi connectivity index (χ0n) is 17.8. The molecule has 1 aliphatic rings. The fourth-order valence-electron chi connectivity index (χ4n) is 4.44. The Kier molecular flexibility index (Phi) is 5.69. The van der Waals surface area contributed by atoms with Crippen LogP contribution in [0.4, 0.5) is 0 Å². The molecule has 0 aliphatic heterocycles. The Balaban J connectivity index is 1.39. The first kappa shape index (κ1) is 20.4. The first-order valence-electron chi connectivity index (χ1n) is 11.1. The van der Waals surface area contributed by atoms with Gasteiger partial charge in [-0.3, -0.25) is 9.78 Å². The molecule has 1 aromatic carbocycles. The van der Waals surface area contributed by atoms with Gasteiger partial charge >= 0.3 is 0 Å². The third-order valence-electron chi connectivity index (χ3n) is 6.21. The molecule has 2 atom stereocenters. The van der Waals surface area contributed by atoms with Crippen LogP contribution in [0, 0.1) is 0 Å². The molecule has 32 heavy (non-hydrogen) atoms. The van der Waals surface area contributed by atoms with Gasteiger partial charge in [-0.25, -0.2) is 4.52 Å². The average molecular weight is 427 g/mol. The summed E-state index contributed by atoms with van der Waals surface area (Å²) in [4.78, 5) is 17.1. The minimum Gasteiger partial charge on any atom is -0.391 e.